The summed E-state index contributed by atoms with van der Waals surface area (Å²) in [6, 6.07) is 44.2. The maximum Gasteiger partial charge on any atom is 0.340 e. The number of hydrogen-bond donors (Lipinski definition) is 4. The molecule has 0 amide bonds. The van der Waals surface area contributed by atoms with E-state index in [9.17, 15) is 20.4 Å². The zero-order valence-corrected chi connectivity index (χ0v) is 60.0. The van der Waals surface area contributed by atoms with E-state index < -0.39 is 66.7 Å². The number of allylic oxidation sites excluding steroid dienone is 5. The molecule has 0 radical (unpaired) electrons. The lowest BCUT2D eigenvalue weighted by atomic mass is 9.48. The molecule has 1 aromatic heterocycles. The van der Waals surface area contributed by atoms with Crippen LogP contribution in [0.2, 0.25) is 0 Å². The van der Waals surface area contributed by atoms with E-state index >= 15 is 14.4 Å². The Kier molecular flexibility index (Phi) is 15.9. The highest BCUT2D eigenvalue weighted by molar-refractivity contribution is 5.91. The molecule has 21 bridgehead atoms. The fraction of sp³-hybridized carbons (Fsp3) is 0.452. The van der Waals surface area contributed by atoms with Crippen molar-refractivity contribution < 1.29 is 53.4 Å². The molecule has 12 heteroatoms. The van der Waals surface area contributed by atoms with Crippen LogP contribution in [0.1, 0.15) is 240 Å². The second-order valence-electron chi connectivity index (χ2n) is 34.0. The van der Waals surface area contributed by atoms with E-state index in [1.807, 2.05) is 13.0 Å². The first-order chi connectivity index (χ1) is 51.4. The molecule has 105 heavy (non-hydrogen) atoms. The molecule has 0 saturated heterocycles. The van der Waals surface area contributed by atoms with Gasteiger partial charge in [-0.05, 0) is 239 Å². The Balaban J connectivity index is 0.867. The van der Waals surface area contributed by atoms with Crippen molar-refractivity contribution in [1.82, 2.24) is 0 Å². The lowest BCUT2D eigenvalue weighted by Gasteiger charge is -2.57. The predicted octanol–water partition coefficient (Wildman–Crippen LogP) is 16.7. The number of aliphatic hydroxyl groups is 4. The summed E-state index contributed by atoms with van der Waals surface area (Å²) in [5.74, 6) is -1.76. The maximum absolute atomic E-state index is 16.9. The molecule has 4 N–H and O–H groups in total. The molecule has 6 aromatic carbocycles. The van der Waals surface area contributed by atoms with Gasteiger partial charge in [-0.15, -0.1) is 0 Å². The van der Waals surface area contributed by atoms with Crippen molar-refractivity contribution >= 4 is 35.1 Å². The number of fused-ring (bicyclic) bond motifs is 7. The van der Waals surface area contributed by atoms with E-state index in [0.717, 1.165) is 69.8 Å². The second kappa shape index (κ2) is 25.2. The van der Waals surface area contributed by atoms with Gasteiger partial charge in [0.25, 0.3) is 0 Å². The van der Waals surface area contributed by atoms with Gasteiger partial charge in [0.05, 0.1) is 25.4 Å². The molecule has 3 saturated carbocycles. The first-order valence-corrected chi connectivity index (χ1v) is 39.6. The van der Waals surface area contributed by atoms with E-state index in [4.69, 9.17) is 23.4 Å². The third-order valence-electron chi connectivity index (χ3n) is 29.8. The molecule has 3 aliphatic heterocycles. The monoisotopic (exact) mass is 1400 g/mol. The Hall–Kier alpha value is -8.23. The maximum atomic E-state index is 16.9. The molecular weight excluding hydrogens is 1310 g/mol. The minimum absolute atomic E-state index is 0.00449. The highest BCUT2D eigenvalue weighted by atomic mass is 16.6. The Morgan fingerprint density at radius 2 is 1.58 bits per heavy atom. The normalized spacial score (nSPS) is 33.5. The molecule has 538 valence electrons. The molecular formula is C93H94O12. The van der Waals surface area contributed by atoms with Crippen LogP contribution in [0.3, 0.4) is 0 Å². The standard InChI is InChI=1S/C93H94O12/c1-52(48-95)71-45-73-68-28-21-58-42-72(68)61-43-79(73)90(34-4-5-35-90)62-23-16-53(17-24-62)39-54-15-18-56-19-25-63-10-6-11-64-26-29-69-67(13-7-14-77(69)93(63,64)78(56)40-54)57-20-27-65(58)60(41-57)44-82(98)102-86-84-80(32-30-70-75(49-96)83(89(100)103-85(70)84)59(33-38-94)50-101-51-97)105-92(87(86)104-88(71)99)37-8-36-91(47-61)76-31-22-55-9-2-3-12-66(55)74(76)46-81(91)92/h2-3,7-9,12-25,27-28,30-32,36,40,42,57,59-61,63-65,73-74,76,79,81,86-87,94-97H,4-6,10-11,26,29,33-35,37-39,41,43-51H2,1H3/b71-52-/t57-,59+,60+,61-,63+,64-,65+,73+,74+,76-,79+,81-,86+,87-,91-,92-,93-/m0/s1. The summed E-state index contributed by atoms with van der Waals surface area (Å²) in [6.07, 6.45) is 30.9. The lowest BCUT2D eigenvalue weighted by Crippen LogP contribution is -2.64. The summed E-state index contributed by atoms with van der Waals surface area (Å²) in [5, 5.41) is 44.0. The summed E-state index contributed by atoms with van der Waals surface area (Å²) in [7, 11) is 0. The van der Waals surface area contributed by atoms with Gasteiger partial charge in [0.15, 0.2) is 17.8 Å². The van der Waals surface area contributed by atoms with Gasteiger partial charge in [-0.1, -0.05) is 171 Å². The molecule has 4 heterocycles. The van der Waals surface area contributed by atoms with E-state index in [1.54, 1.807) is 6.07 Å². The Morgan fingerprint density at radius 1 is 0.733 bits per heavy atom. The molecule has 12 nitrogen and oxygen atoms in total. The second-order valence-corrected chi connectivity index (χ2v) is 34.0. The topological polar surface area (TPSA) is 182 Å². The molecule has 17 aliphatic carbocycles. The highest BCUT2D eigenvalue weighted by Gasteiger charge is 2.70. The molecule has 7 aromatic rings. The summed E-state index contributed by atoms with van der Waals surface area (Å²) >= 11 is 0. The van der Waals surface area contributed by atoms with Crippen LogP contribution in [0, 0.1) is 40.9 Å². The first kappa shape index (κ1) is 66.2. The average molecular weight is 1400 g/mol. The highest BCUT2D eigenvalue weighted by Crippen LogP contribution is 2.72. The fourth-order valence-corrected chi connectivity index (χ4v) is 25.5. The Bertz CT molecular complexity index is 4960. The minimum atomic E-state index is -1.44. The number of aliphatic hydroxyl groups excluding tert-OH is 4. The largest absolute Gasteiger partial charge is 0.482 e. The number of rotatable bonds is 8. The SMILES string of the molecule is C/C(CO)=C1\C[C@@H]2c3ccc4cc3[C@H]3C[C@H]2C2(CCCC2)c2ccc(cc2)Cc2ccc5c(c2)[C@]26c7cccc(c7CC[C@@H]2CCC[C@@H]6C=C5)[C@H]2C=C[C@H]4[C@@H](CC(=O)O[C@@H]4c5c(ccc6c(CO)c([C@H](CCO)COCO)c(=O)oc56)O[C@]5(CC=C[C@]6(C3)[C@H]3C=Cc7ccccc7[C@H]3C[C@@H]65)[C@H]4OC1=O)C2. The van der Waals surface area contributed by atoms with Crippen LogP contribution in [0.15, 0.2) is 172 Å². The van der Waals surface area contributed by atoms with Gasteiger partial charge in [0, 0.05) is 70.5 Å². The van der Waals surface area contributed by atoms with Crippen LogP contribution in [0.25, 0.3) is 23.1 Å². The number of carbonyl (C=O) groups is 2. The van der Waals surface area contributed by atoms with Crippen molar-refractivity contribution in [1.29, 1.82) is 0 Å². The van der Waals surface area contributed by atoms with Gasteiger partial charge in [-0.2, -0.15) is 0 Å². The molecule has 3 fully saturated rings. The average Bonchev–Trinajstić information content (AvgIpc) is 1.65. The fourth-order valence-electron chi connectivity index (χ4n) is 25.5. The van der Waals surface area contributed by atoms with Crippen LogP contribution in [-0.2, 0) is 54.1 Å². The van der Waals surface area contributed by atoms with Crippen LogP contribution >= 0.6 is 0 Å². The predicted molar refractivity (Wildman–Crippen MR) is 402 cm³/mol. The number of hydrogen-bond acceptors (Lipinski definition) is 12. The van der Waals surface area contributed by atoms with Crippen molar-refractivity contribution in [2.45, 2.75) is 193 Å². The Morgan fingerprint density at radius 3 is 2.43 bits per heavy atom. The molecule has 20 aliphatic rings. The van der Waals surface area contributed by atoms with Gasteiger partial charge in [0.1, 0.15) is 18.1 Å². The van der Waals surface area contributed by atoms with Gasteiger partial charge in [0.2, 0.25) is 0 Å². The quantitative estimate of drug-likeness (QED) is 0.0372. The summed E-state index contributed by atoms with van der Waals surface area (Å²) in [4.78, 5) is 48.8. The van der Waals surface area contributed by atoms with Crippen molar-refractivity contribution in [3.05, 3.63) is 262 Å². The van der Waals surface area contributed by atoms with E-state index in [0.29, 0.717) is 47.0 Å². The van der Waals surface area contributed by atoms with E-state index in [-0.39, 0.29) is 125 Å². The smallest absolute Gasteiger partial charge is 0.340 e. The van der Waals surface area contributed by atoms with Crippen molar-refractivity contribution in [3.63, 3.8) is 0 Å². The van der Waals surface area contributed by atoms with E-state index in [1.165, 1.54) is 79.6 Å². The van der Waals surface area contributed by atoms with Crippen LogP contribution < -0.4 is 10.4 Å². The van der Waals surface area contributed by atoms with Gasteiger partial charge >= 0.3 is 17.6 Å². The van der Waals surface area contributed by atoms with Crippen molar-refractivity contribution in [3.8, 4) is 5.75 Å². The number of esters is 2. The summed E-state index contributed by atoms with van der Waals surface area (Å²) in [5.41, 5.74) is 15.3. The van der Waals surface area contributed by atoms with Gasteiger partial charge < -0.3 is 43.8 Å². The third kappa shape index (κ3) is 9.76. The number of ether oxygens (including phenoxy) is 4. The lowest BCUT2D eigenvalue weighted by molar-refractivity contribution is -0.210. The molecule has 3 spiro atoms. The zero-order chi connectivity index (χ0) is 70.8. The molecule has 17 atom stereocenters. The van der Waals surface area contributed by atoms with Crippen molar-refractivity contribution in [2.24, 2.45) is 40.9 Å². The summed E-state index contributed by atoms with van der Waals surface area (Å²) < 4.78 is 35.4. The van der Waals surface area contributed by atoms with Gasteiger partial charge in [-0.3, -0.25) is 4.79 Å². The van der Waals surface area contributed by atoms with Crippen LogP contribution in [0.4, 0.5) is 0 Å². The number of benzene rings is 6. The molecule has 0 unspecified atom stereocenters. The summed E-state index contributed by atoms with van der Waals surface area (Å²) in [6.45, 7) is -0.236. The third-order valence-corrected chi connectivity index (χ3v) is 29.8. The number of carbonyl (C=O) groups excluding carboxylic acids is 2. The van der Waals surface area contributed by atoms with Gasteiger partial charge in [-0.25, -0.2) is 9.59 Å². The zero-order valence-electron chi connectivity index (χ0n) is 60.0. The Labute approximate surface area is 614 Å². The molecule has 27 rings (SSSR count). The minimum Gasteiger partial charge on any atom is -0.482 e. The van der Waals surface area contributed by atoms with Crippen LogP contribution in [-0.4, -0.2) is 70.7 Å². The van der Waals surface area contributed by atoms with Crippen LogP contribution in [0.5, 0.6) is 5.75 Å². The first-order valence-electron chi connectivity index (χ1n) is 39.6. The van der Waals surface area contributed by atoms with Crippen molar-refractivity contribution in [2.75, 3.05) is 26.6 Å². The van der Waals surface area contributed by atoms with E-state index in [2.05, 4.69) is 152 Å².